The topological polar surface area (TPSA) is 60.0 Å². The van der Waals surface area contributed by atoms with E-state index in [-0.39, 0.29) is 12.1 Å². The average Bonchev–Trinajstić information content (AvgIpc) is 3.18. The minimum absolute atomic E-state index is 0.0237. The fourth-order valence-corrected chi connectivity index (χ4v) is 3.57. The molecule has 0 saturated carbocycles. The lowest BCUT2D eigenvalue weighted by Crippen LogP contribution is -2.34. The van der Waals surface area contributed by atoms with E-state index in [1.807, 2.05) is 29.2 Å². The van der Waals surface area contributed by atoms with Crippen molar-refractivity contribution in [2.75, 3.05) is 33.2 Å². The zero-order valence-corrected chi connectivity index (χ0v) is 16.4. The van der Waals surface area contributed by atoms with E-state index in [0.29, 0.717) is 28.8 Å². The summed E-state index contributed by atoms with van der Waals surface area (Å²) in [5.41, 5.74) is 1.59. The van der Waals surface area contributed by atoms with Gasteiger partial charge in [0.05, 0.1) is 38.1 Å². The van der Waals surface area contributed by atoms with Gasteiger partial charge in [-0.1, -0.05) is 23.7 Å². The standard InChI is InChI=1S/C20H23ClN2O4/c1-25-14-8-6-13(7-9-14)17-5-4-10-23(17)20(24)22-16-11-15(21)18(26-2)12-19(16)27-3/h6-9,11-12,17H,4-5,10H2,1-3H3,(H,22,24)/t17-/m0/s1. The lowest BCUT2D eigenvalue weighted by atomic mass is 10.0. The molecule has 0 bridgehead atoms. The molecule has 1 N–H and O–H groups in total. The van der Waals surface area contributed by atoms with Crippen LogP contribution >= 0.6 is 11.6 Å². The van der Waals surface area contributed by atoms with E-state index in [1.54, 1.807) is 19.2 Å². The molecule has 2 aromatic carbocycles. The predicted octanol–water partition coefficient (Wildman–Crippen LogP) is 4.73. The number of benzene rings is 2. The van der Waals surface area contributed by atoms with Gasteiger partial charge in [0.1, 0.15) is 17.2 Å². The van der Waals surface area contributed by atoms with Gasteiger partial charge in [-0.05, 0) is 36.6 Å². The van der Waals surface area contributed by atoms with Crippen molar-refractivity contribution in [1.29, 1.82) is 0 Å². The number of halogens is 1. The second kappa shape index (κ2) is 8.39. The highest BCUT2D eigenvalue weighted by atomic mass is 35.5. The quantitative estimate of drug-likeness (QED) is 0.801. The molecule has 1 heterocycles. The summed E-state index contributed by atoms with van der Waals surface area (Å²) < 4.78 is 15.8. The molecule has 0 radical (unpaired) electrons. The Morgan fingerprint density at radius 2 is 1.78 bits per heavy atom. The average molecular weight is 391 g/mol. The van der Waals surface area contributed by atoms with Crippen LogP contribution in [0.3, 0.4) is 0 Å². The maximum absolute atomic E-state index is 12.9. The Kier molecular flexibility index (Phi) is 5.96. The second-order valence-electron chi connectivity index (χ2n) is 6.24. The number of nitrogens with one attached hydrogen (secondary N) is 1. The molecule has 2 amide bonds. The third-order valence-electron chi connectivity index (χ3n) is 4.73. The van der Waals surface area contributed by atoms with Crippen LogP contribution in [0.25, 0.3) is 0 Å². The Bertz CT molecular complexity index is 810. The number of rotatable bonds is 5. The van der Waals surface area contributed by atoms with Crippen molar-refractivity contribution in [1.82, 2.24) is 4.90 Å². The number of amides is 2. The molecule has 0 unspecified atom stereocenters. The number of nitrogens with zero attached hydrogens (tertiary/aromatic N) is 1. The Balaban J connectivity index is 1.79. The summed E-state index contributed by atoms with van der Waals surface area (Å²) in [5.74, 6) is 1.78. The van der Waals surface area contributed by atoms with Gasteiger partial charge in [0, 0.05) is 12.6 Å². The van der Waals surface area contributed by atoms with Gasteiger partial charge in [0.25, 0.3) is 0 Å². The van der Waals surface area contributed by atoms with Gasteiger partial charge in [0.15, 0.2) is 0 Å². The van der Waals surface area contributed by atoms with Crippen LogP contribution in [0.5, 0.6) is 17.2 Å². The first-order valence-corrected chi connectivity index (χ1v) is 9.08. The van der Waals surface area contributed by atoms with Crippen LogP contribution in [0, 0.1) is 0 Å². The van der Waals surface area contributed by atoms with Crippen LogP contribution in [0.15, 0.2) is 36.4 Å². The highest BCUT2D eigenvalue weighted by Gasteiger charge is 2.30. The Morgan fingerprint density at radius 3 is 2.41 bits per heavy atom. The number of methoxy groups -OCH3 is 3. The van der Waals surface area contributed by atoms with Crippen LogP contribution < -0.4 is 19.5 Å². The largest absolute Gasteiger partial charge is 0.497 e. The summed E-state index contributed by atoms with van der Waals surface area (Å²) in [6.07, 6.45) is 1.87. The van der Waals surface area contributed by atoms with Gasteiger partial charge < -0.3 is 24.4 Å². The van der Waals surface area contributed by atoms with Crippen molar-refractivity contribution in [3.8, 4) is 17.2 Å². The molecule has 1 atom stereocenters. The van der Waals surface area contributed by atoms with E-state index >= 15 is 0 Å². The van der Waals surface area contributed by atoms with Crippen molar-refractivity contribution in [2.45, 2.75) is 18.9 Å². The molecule has 0 spiro atoms. The minimum Gasteiger partial charge on any atom is -0.497 e. The number of carbonyl (C=O) groups is 1. The maximum atomic E-state index is 12.9. The van der Waals surface area contributed by atoms with Crippen LogP contribution in [-0.4, -0.2) is 38.8 Å². The first-order chi connectivity index (χ1) is 13.1. The Hall–Kier alpha value is -2.60. The molecule has 0 aromatic heterocycles. The van der Waals surface area contributed by atoms with Crippen molar-refractivity contribution >= 4 is 23.3 Å². The minimum atomic E-state index is -0.187. The molecular formula is C20H23ClN2O4. The summed E-state index contributed by atoms with van der Waals surface area (Å²) in [4.78, 5) is 14.7. The Morgan fingerprint density at radius 1 is 1.07 bits per heavy atom. The summed E-state index contributed by atoms with van der Waals surface area (Å²) in [5, 5.41) is 3.32. The van der Waals surface area contributed by atoms with Crippen LogP contribution in [0.4, 0.5) is 10.5 Å². The molecule has 27 heavy (non-hydrogen) atoms. The highest BCUT2D eigenvalue weighted by molar-refractivity contribution is 6.32. The molecule has 1 aliphatic heterocycles. The number of ether oxygens (including phenoxy) is 3. The van der Waals surface area contributed by atoms with Crippen molar-refractivity contribution in [3.63, 3.8) is 0 Å². The number of carbonyl (C=O) groups excluding carboxylic acids is 1. The highest BCUT2D eigenvalue weighted by Crippen LogP contribution is 2.37. The van der Waals surface area contributed by atoms with E-state index < -0.39 is 0 Å². The van der Waals surface area contributed by atoms with Crippen LogP contribution in [0.2, 0.25) is 5.02 Å². The first-order valence-electron chi connectivity index (χ1n) is 8.70. The molecule has 1 aliphatic rings. The zero-order chi connectivity index (χ0) is 19.4. The van der Waals surface area contributed by atoms with Gasteiger partial charge in [-0.3, -0.25) is 0 Å². The van der Waals surface area contributed by atoms with Gasteiger partial charge in [-0.15, -0.1) is 0 Å². The summed E-state index contributed by atoms with van der Waals surface area (Å²) in [6, 6.07) is 11.0. The lowest BCUT2D eigenvalue weighted by Gasteiger charge is -2.26. The smallest absolute Gasteiger partial charge is 0.322 e. The number of likely N-dealkylation sites (tertiary alicyclic amines) is 1. The molecule has 7 heteroatoms. The van der Waals surface area contributed by atoms with Crippen molar-refractivity contribution < 1.29 is 19.0 Å². The summed E-state index contributed by atoms with van der Waals surface area (Å²) in [7, 11) is 4.70. The molecule has 1 saturated heterocycles. The molecule has 2 aromatic rings. The molecule has 0 aliphatic carbocycles. The zero-order valence-electron chi connectivity index (χ0n) is 15.6. The molecule has 3 rings (SSSR count). The van der Waals surface area contributed by atoms with E-state index in [9.17, 15) is 4.79 Å². The third-order valence-corrected chi connectivity index (χ3v) is 5.03. The SMILES string of the molecule is COc1ccc([C@@H]2CCCN2C(=O)Nc2cc(Cl)c(OC)cc2OC)cc1. The van der Waals surface area contributed by atoms with Crippen LogP contribution in [-0.2, 0) is 0 Å². The summed E-state index contributed by atoms with van der Waals surface area (Å²) in [6.45, 7) is 0.689. The lowest BCUT2D eigenvalue weighted by molar-refractivity contribution is 0.207. The first kappa shape index (κ1) is 19.2. The van der Waals surface area contributed by atoms with Gasteiger partial charge in [-0.2, -0.15) is 0 Å². The van der Waals surface area contributed by atoms with E-state index in [1.165, 1.54) is 14.2 Å². The third kappa shape index (κ3) is 4.06. The number of hydrogen-bond donors (Lipinski definition) is 1. The maximum Gasteiger partial charge on any atom is 0.322 e. The fraction of sp³-hybridized carbons (Fsp3) is 0.350. The monoisotopic (exact) mass is 390 g/mol. The number of hydrogen-bond acceptors (Lipinski definition) is 4. The number of urea groups is 1. The fourth-order valence-electron chi connectivity index (χ4n) is 3.33. The molecular weight excluding hydrogens is 368 g/mol. The normalized spacial score (nSPS) is 16.1. The molecule has 1 fully saturated rings. The van der Waals surface area contributed by atoms with Gasteiger partial charge in [-0.25, -0.2) is 4.79 Å². The summed E-state index contributed by atoms with van der Waals surface area (Å²) >= 11 is 6.20. The van der Waals surface area contributed by atoms with Crippen molar-refractivity contribution in [3.05, 3.63) is 47.0 Å². The van der Waals surface area contributed by atoms with Crippen molar-refractivity contribution in [2.24, 2.45) is 0 Å². The van der Waals surface area contributed by atoms with Crippen LogP contribution in [0.1, 0.15) is 24.4 Å². The van der Waals surface area contributed by atoms with E-state index in [0.717, 1.165) is 24.2 Å². The predicted molar refractivity (Wildman–Crippen MR) is 105 cm³/mol. The molecule has 144 valence electrons. The van der Waals surface area contributed by atoms with E-state index in [4.69, 9.17) is 25.8 Å². The van der Waals surface area contributed by atoms with Gasteiger partial charge >= 0.3 is 6.03 Å². The van der Waals surface area contributed by atoms with E-state index in [2.05, 4.69) is 5.32 Å². The Labute approximate surface area is 164 Å². The number of anilines is 1. The second-order valence-corrected chi connectivity index (χ2v) is 6.65. The van der Waals surface area contributed by atoms with Gasteiger partial charge in [0.2, 0.25) is 0 Å². The molecule has 6 nitrogen and oxygen atoms in total.